The maximum absolute atomic E-state index is 6.02. The minimum absolute atomic E-state index is 0.0973. The minimum Gasteiger partial charge on any atom is -0.444 e. The first-order chi connectivity index (χ1) is 9.06. The molecule has 1 aromatic carbocycles. The van der Waals surface area contributed by atoms with Crippen LogP contribution in [0.1, 0.15) is 24.6 Å². The minimum atomic E-state index is -0.0973. The largest absolute Gasteiger partial charge is 0.444 e. The summed E-state index contributed by atoms with van der Waals surface area (Å²) >= 11 is 3.43. The van der Waals surface area contributed by atoms with E-state index in [-0.39, 0.29) is 6.04 Å². The molecule has 0 amide bonds. The average molecular weight is 321 g/mol. The summed E-state index contributed by atoms with van der Waals surface area (Å²) < 4.78 is 8.47. The lowest BCUT2D eigenvalue weighted by Gasteiger charge is -2.12. The number of hydrogen-bond donors (Lipinski definition) is 1. The van der Waals surface area contributed by atoms with Crippen molar-refractivity contribution in [1.82, 2.24) is 14.5 Å². The first kappa shape index (κ1) is 12.2. The van der Waals surface area contributed by atoms with Crippen LogP contribution in [0, 0.1) is 6.92 Å². The van der Waals surface area contributed by atoms with Crippen LogP contribution in [0.25, 0.3) is 11.0 Å². The third-order valence-corrected chi connectivity index (χ3v) is 3.56. The van der Waals surface area contributed by atoms with E-state index in [1.165, 1.54) is 0 Å². The highest BCUT2D eigenvalue weighted by atomic mass is 79.9. The quantitative estimate of drug-likeness (QED) is 0.786. The fraction of sp³-hybridized carbons (Fsp3) is 0.231. The predicted molar refractivity (Wildman–Crippen MR) is 76.9 cm³/mol. The van der Waals surface area contributed by atoms with Crippen LogP contribution in [0.4, 0.5) is 5.95 Å². The van der Waals surface area contributed by atoms with Gasteiger partial charge in [-0.05, 0) is 32.0 Å². The van der Waals surface area contributed by atoms with Crippen molar-refractivity contribution < 1.29 is 4.42 Å². The van der Waals surface area contributed by atoms with E-state index in [9.17, 15) is 0 Å². The molecule has 0 bridgehead atoms. The van der Waals surface area contributed by atoms with Gasteiger partial charge in [-0.3, -0.25) is 4.57 Å². The van der Waals surface area contributed by atoms with Gasteiger partial charge in [0.1, 0.15) is 11.8 Å². The molecule has 0 fully saturated rings. The number of nitrogen functional groups attached to an aromatic ring is 1. The van der Waals surface area contributed by atoms with E-state index in [0.29, 0.717) is 11.8 Å². The second kappa shape index (κ2) is 4.38. The van der Waals surface area contributed by atoms with Crippen LogP contribution in [0.15, 0.2) is 33.3 Å². The van der Waals surface area contributed by atoms with Crippen molar-refractivity contribution in [2.75, 3.05) is 5.73 Å². The van der Waals surface area contributed by atoms with Crippen LogP contribution in [0.5, 0.6) is 0 Å². The first-order valence-electron chi connectivity index (χ1n) is 5.91. The maximum atomic E-state index is 6.02. The number of nitrogens with two attached hydrogens (primary N) is 1. The Morgan fingerprint density at radius 2 is 2.21 bits per heavy atom. The number of hydrogen-bond acceptors (Lipinski definition) is 4. The summed E-state index contributed by atoms with van der Waals surface area (Å²) in [6, 6.07) is 5.79. The average Bonchev–Trinajstić information content (AvgIpc) is 2.91. The summed E-state index contributed by atoms with van der Waals surface area (Å²) in [5, 5.41) is 0. The lowest BCUT2D eigenvalue weighted by molar-refractivity contribution is 0.421. The van der Waals surface area contributed by atoms with Crippen molar-refractivity contribution in [2.45, 2.75) is 19.9 Å². The fourth-order valence-electron chi connectivity index (χ4n) is 2.17. The van der Waals surface area contributed by atoms with E-state index in [2.05, 4.69) is 25.9 Å². The molecule has 98 valence electrons. The Morgan fingerprint density at radius 3 is 2.89 bits per heavy atom. The molecule has 2 heterocycles. The highest BCUT2D eigenvalue weighted by Crippen LogP contribution is 2.28. The fourth-order valence-corrected chi connectivity index (χ4v) is 2.52. The van der Waals surface area contributed by atoms with Gasteiger partial charge in [-0.2, -0.15) is 0 Å². The molecule has 5 nitrogen and oxygen atoms in total. The van der Waals surface area contributed by atoms with Crippen molar-refractivity contribution in [3.05, 3.63) is 40.5 Å². The van der Waals surface area contributed by atoms with Gasteiger partial charge < -0.3 is 10.2 Å². The molecule has 2 aromatic heterocycles. The Morgan fingerprint density at radius 1 is 1.42 bits per heavy atom. The predicted octanol–water partition coefficient (Wildman–Crippen LogP) is 3.29. The van der Waals surface area contributed by atoms with Gasteiger partial charge in [-0.15, -0.1) is 0 Å². The zero-order valence-electron chi connectivity index (χ0n) is 10.6. The Balaban J connectivity index is 2.16. The van der Waals surface area contributed by atoms with Crippen molar-refractivity contribution in [2.24, 2.45) is 0 Å². The smallest absolute Gasteiger partial charge is 0.217 e. The summed E-state index contributed by atoms with van der Waals surface area (Å²) in [5.41, 5.74) is 7.83. The van der Waals surface area contributed by atoms with Gasteiger partial charge in [-0.25, -0.2) is 9.97 Å². The number of oxazole rings is 1. The van der Waals surface area contributed by atoms with Crippen molar-refractivity contribution in [3.8, 4) is 0 Å². The SMILES string of the molecule is Cc1cnc(C(C)n2c(N)nc3cc(Br)ccc32)o1. The van der Waals surface area contributed by atoms with Crippen LogP contribution >= 0.6 is 15.9 Å². The molecule has 0 spiro atoms. The van der Waals surface area contributed by atoms with Crippen LogP contribution in [0.2, 0.25) is 0 Å². The molecule has 3 aromatic rings. The zero-order chi connectivity index (χ0) is 13.6. The lowest BCUT2D eigenvalue weighted by Crippen LogP contribution is -2.10. The molecular weight excluding hydrogens is 308 g/mol. The molecule has 3 rings (SSSR count). The Hall–Kier alpha value is -1.82. The number of halogens is 1. The second-order valence-corrected chi connectivity index (χ2v) is 5.37. The monoisotopic (exact) mass is 320 g/mol. The molecule has 0 aliphatic heterocycles. The Bertz CT molecular complexity index is 746. The number of fused-ring (bicyclic) bond motifs is 1. The highest BCUT2D eigenvalue weighted by Gasteiger charge is 2.19. The van der Waals surface area contributed by atoms with E-state index in [0.717, 1.165) is 21.3 Å². The van der Waals surface area contributed by atoms with Gasteiger partial charge in [0.25, 0.3) is 0 Å². The van der Waals surface area contributed by atoms with Crippen molar-refractivity contribution >= 4 is 32.9 Å². The van der Waals surface area contributed by atoms with Crippen LogP contribution in [-0.2, 0) is 0 Å². The van der Waals surface area contributed by atoms with Gasteiger partial charge in [0.15, 0.2) is 0 Å². The molecule has 0 saturated carbocycles. The second-order valence-electron chi connectivity index (χ2n) is 4.46. The molecule has 1 atom stereocenters. The molecule has 19 heavy (non-hydrogen) atoms. The third-order valence-electron chi connectivity index (χ3n) is 3.06. The topological polar surface area (TPSA) is 69.9 Å². The Kier molecular flexibility index (Phi) is 2.82. The molecule has 0 saturated heterocycles. The van der Waals surface area contributed by atoms with Crippen LogP contribution < -0.4 is 5.73 Å². The number of rotatable bonds is 2. The standard InChI is InChI=1S/C13H13BrN4O/c1-7-6-16-12(19-7)8(2)18-11-4-3-9(14)5-10(11)17-13(18)15/h3-6,8H,1-2H3,(H2,15,17). The van der Waals surface area contributed by atoms with Gasteiger partial charge in [0.2, 0.25) is 11.8 Å². The van der Waals surface area contributed by atoms with Gasteiger partial charge in [0, 0.05) is 4.47 Å². The molecule has 0 aliphatic carbocycles. The van der Waals surface area contributed by atoms with E-state index < -0.39 is 0 Å². The molecule has 2 N–H and O–H groups in total. The number of aromatic nitrogens is 3. The summed E-state index contributed by atoms with van der Waals surface area (Å²) in [5.74, 6) is 1.87. The van der Waals surface area contributed by atoms with E-state index in [4.69, 9.17) is 10.2 Å². The van der Waals surface area contributed by atoms with Gasteiger partial charge in [-0.1, -0.05) is 15.9 Å². The first-order valence-corrected chi connectivity index (χ1v) is 6.71. The Labute approximate surface area is 118 Å². The van der Waals surface area contributed by atoms with Crippen molar-refractivity contribution in [1.29, 1.82) is 0 Å². The lowest BCUT2D eigenvalue weighted by atomic mass is 10.2. The number of nitrogens with zero attached hydrogens (tertiary/aromatic N) is 3. The highest BCUT2D eigenvalue weighted by molar-refractivity contribution is 9.10. The summed E-state index contributed by atoms with van der Waals surface area (Å²) in [7, 11) is 0. The summed E-state index contributed by atoms with van der Waals surface area (Å²) in [4.78, 5) is 8.63. The van der Waals surface area contributed by atoms with Gasteiger partial charge >= 0.3 is 0 Å². The van der Waals surface area contributed by atoms with E-state index in [1.807, 2.05) is 36.6 Å². The van der Waals surface area contributed by atoms with Gasteiger partial charge in [0.05, 0.1) is 17.2 Å². The van der Waals surface area contributed by atoms with Crippen molar-refractivity contribution in [3.63, 3.8) is 0 Å². The summed E-state index contributed by atoms with van der Waals surface area (Å²) in [6.07, 6.45) is 1.71. The number of aryl methyl sites for hydroxylation is 1. The van der Waals surface area contributed by atoms with E-state index >= 15 is 0 Å². The molecular formula is C13H13BrN4O. The molecule has 6 heteroatoms. The summed E-state index contributed by atoms with van der Waals surface area (Å²) in [6.45, 7) is 3.86. The normalized spacial score (nSPS) is 13.0. The van der Waals surface area contributed by atoms with Crippen LogP contribution in [0.3, 0.4) is 0 Å². The molecule has 0 aliphatic rings. The molecule has 0 radical (unpaired) electrons. The number of anilines is 1. The zero-order valence-corrected chi connectivity index (χ0v) is 12.2. The number of imidazole rings is 1. The van der Waals surface area contributed by atoms with E-state index in [1.54, 1.807) is 6.20 Å². The third kappa shape index (κ3) is 2.02. The maximum Gasteiger partial charge on any atom is 0.217 e. The van der Waals surface area contributed by atoms with Crippen LogP contribution in [-0.4, -0.2) is 14.5 Å². The molecule has 1 unspecified atom stereocenters. The number of benzene rings is 1.